The molecule has 0 aliphatic heterocycles. The summed E-state index contributed by atoms with van der Waals surface area (Å²) in [4.78, 5) is 0. The summed E-state index contributed by atoms with van der Waals surface area (Å²) < 4.78 is 0. The standard InChI is InChI=1S/C7H15N/c1-5(2)6(3)7(4)8/h5-6,8H,1-4H3/t6-/m1/s1. The van der Waals surface area contributed by atoms with E-state index in [2.05, 4.69) is 20.8 Å². The summed E-state index contributed by atoms with van der Waals surface area (Å²) in [5.41, 5.74) is 0.792. The van der Waals surface area contributed by atoms with Crippen molar-refractivity contribution < 1.29 is 0 Å². The Hall–Kier alpha value is -0.330. The van der Waals surface area contributed by atoms with Crippen LogP contribution in [0.5, 0.6) is 0 Å². The Morgan fingerprint density at radius 1 is 1.25 bits per heavy atom. The van der Waals surface area contributed by atoms with Crippen LogP contribution >= 0.6 is 0 Å². The summed E-state index contributed by atoms with van der Waals surface area (Å²) in [6.07, 6.45) is 0. The zero-order valence-corrected chi connectivity index (χ0v) is 6.15. The highest BCUT2D eigenvalue weighted by Gasteiger charge is 2.07. The van der Waals surface area contributed by atoms with Crippen LogP contribution in [0.3, 0.4) is 0 Å². The van der Waals surface area contributed by atoms with E-state index in [9.17, 15) is 0 Å². The van der Waals surface area contributed by atoms with E-state index >= 15 is 0 Å². The van der Waals surface area contributed by atoms with Gasteiger partial charge in [-0.3, -0.25) is 0 Å². The molecule has 48 valence electrons. The summed E-state index contributed by atoms with van der Waals surface area (Å²) in [5.74, 6) is 1.07. The molecule has 1 nitrogen and oxygen atoms in total. The fourth-order valence-corrected chi connectivity index (χ4v) is 0.500. The molecule has 0 bridgehead atoms. The first kappa shape index (κ1) is 7.67. The van der Waals surface area contributed by atoms with Crippen LogP contribution in [-0.4, -0.2) is 5.71 Å². The van der Waals surface area contributed by atoms with E-state index < -0.39 is 0 Å². The third-order valence-electron chi connectivity index (χ3n) is 1.68. The lowest BCUT2D eigenvalue weighted by molar-refractivity contribution is 0.528. The molecule has 0 aromatic heterocycles. The highest BCUT2D eigenvalue weighted by Crippen LogP contribution is 2.09. The molecule has 0 amide bonds. The lowest BCUT2D eigenvalue weighted by atomic mass is 9.94. The second-order valence-electron chi connectivity index (χ2n) is 2.72. The zero-order chi connectivity index (χ0) is 6.73. The lowest BCUT2D eigenvalue weighted by Gasteiger charge is -2.12. The van der Waals surface area contributed by atoms with Crippen LogP contribution in [0.15, 0.2) is 0 Å². The molecule has 0 aliphatic carbocycles. The molecule has 1 N–H and O–H groups in total. The van der Waals surface area contributed by atoms with Crippen LogP contribution in [-0.2, 0) is 0 Å². The quantitative estimate of drug-likeness (QED) is 0.531. The van der Waals surface area contributed by atoms with Crippen molar-refractivity contribution in [3.05, 3.63) is 0 Å². The van der Waals surface area contributed by atoms with Gasteiger partial charge >= 0.3 is 0 Å². The van der Waals surface area contributed by atoms with Crippen LogP contribution in [0, 0.1) is 17.2 Å². The molecule has 0 rings (SSSR count). The molecule has 0 aromatic carbocycles. The molecule has 0 saturated carbocycles. The average Bonchev–Trinajstić information content (AvgIpc) is 1.64. The molecule has 0 saturated heterocycles. The van der Waals surface area contributed by atoms with Gasteiger partial charge in [0.25, 0.3) is 0 Å². The van der Waals surface area contributed by atoms with E-state index in [-0.39, 0.29) is 0 Å². The van der Waals surface area contributed by atoms with Gasteiger partial charge in [0.15, 0.2) is 0 Å². The van der Waals surface area contributed by atoms with Crippen molar-refractivity contribution in [2.45, 2.75) is 27.7 Å². The average molecular weight is 113 g/mol. The smallest absolute Gasteiger partial charge is 0.00889 e. The molecule has 0 radical (unpaired) electrons. The van der Waals surface area contributed by atoms with Crippen molar-refractivity contribution in [1.29, 1.82) is 5.41 Å². The number of hydrogen-bond acceptors (Lipinski definition) is 1. The Labute approximate surface area is 51.6 Å². The molecule has 0 unspecified atom stereocenters. The van der Waals surface area contributed by atoms with Gasteiger partial charge in [-0.1, -0.05) is 20.8 Å². The fourth-order valence-electron chi connectivity index (χ4n) is 0.500. The summed E-state index contributed by atoms with van der Waals surface area (Å²) in [6, 6.07) is 0. The number of nitrogens with one attached hydrogen (secondary N) is 1. The van der Waals surface area contributed by atoms with Crippen molar-refractivity contribution in [2.75, 3.05) is 0 Å². The largest absolute Gasteiger partial charge is 0.310 e. The van der Waals surface area contributed by atoms with Crippen molar-refractivity contribution in [1.82, 2.24) is 0 Å². The van der Waals surface area contributed by atoms with Gasteiger partial charge in [0.2, 0.25) is 0 Å². The first-order valence-corrected chi connectivity index (χ1v) is 3.10. The molecule has 1 atom stereocenters. The Morgan fingerprint density at radius 3 is 1.62 bits per heavy atom. The van der Waals surface area contributed by atoms with Crippen molar-refractivity contribution >= 4 is 5.71 Å². The fraction of sp³-hybridized carbons (Fsp3) is 0.857. The van der Waals surface area contributed by atoms with E-state index in [0.717, 1.165) is 5.71 Å². The lowest BCUT2D eigenvalue weighted by Crippen LogP contribution is -2.11. The maximum Gasteiger partial charge on any atom is 0.00889 e. The summed E-state index contributed by atoms with van der Waals surface area (Å²) in [7, 11) is 0. The van der Waals surface area contributed by atoms with Crippen molar-refractivity contribution in [3.8, 4) is 0 Å². The van der Waals surface area contributed by atoms with Gasteiger partial charge in [0.1, 0.15) is 0 Å². The van der Waals surface area contributed by atoms with E-state index in [1.807, 2.05) is 6.92 Å². The summed E-state index contributed by atoms with van der Waals surface area (Å²) in [5, 5.41) is 7.23. The Bertz CT molecular complexity index is 84.4. The first-order chi connectivity index (χ1) is 3.55. The Balaban J connectivity index is 3.64. The van der Waals surface area contributed by atoms with Crippen LogP contribution in [0.2, 0.25) is 0 Å². The normalized spacial score (nSPS) is 14.1. The molecular formula is C7H15N. The van der Waals surface area contributed by atoms with E-state index in [4.69, 9.17) is 5.41 Å². The predicted molar refractivity (Wildman–Crippen MR) is 37.4 cm³/mol. The molecule has 0 fully saturated rings. The molecular weight excluding hydrogens is 98.1 g/mol. The molecule has 0 spiro atoms. The number of rotatable bonds is 2. The first-order valence-electron chi connectivity index (χ1n) is 3.10. The monoisotopic (exact) mass is 113 g/mol. The molecule has 0 aromatic rings. The second-order valence-corrected chi connectivity index (χ2v) is 2.72. The van der Waals surface area contributed by atoms with Crippen LogP contribution < -0.4 is 0 Å². The third-order valence-corrected chi connectivity index (χ3v) is 1.68. The van der Waals surface area contributed by atoms with Crippen LogP contribution in [0.4, 0.5) is 0 Å². The minimum absolute atomic E-state index is 0.454. The van der Waals surface area contributed by atoms with Crippen molar-refractivity contribution in [3.63, 3.8) is 0 Å². The van der Waals surface area contributed by atoms with Gasteiger partial charge in [-0.15, -0.1) is 0 Å². The molecule has 0 aliphatic rings. The van der Waals surface area contributed by atoms with E-state index in [1.54, 1.807) is 0 Å². The highest BCUT2D eigenvalue weighted by molar-refractivity contribution is 5.80. The van der Waals surface area contributed by atoms with Crippen molar-refractivity contribution in [2.24, 2.45) is 11.8 Å². The predicted octanol–water partition coefficient (Wildman–Crippen LogP) is 2.32. The van der Waals surface area contributed by atoms with Gasteiger partial charge in [-0.05, 0) is 18.8 Å². The van der Waals surface area contributed by atoms with Crippen LogP contribution in [0.25, 0.3) is 0 Å². The Morgan fingerprint density at radius 2 is 1.62 bits per heavy atom. The van der Waals surface area contributed by atoms with Gasteiger partial charge in [-0.2, -0.15) is 0 Å². The minimum atomic E-state index is 0.454. The summed E-state index contributed by atoms with van der Waals surface area (Å²) in [6.45, 7) is 8.24. The Kier molecular flexibility index (Phi) is 2.74. The SMILES string of the molecule is CC(=N)[C@H](C)C(C)C. The summed E-state index contributed by atoms with van der Waals surface area (Å²) >= 11 is 0. The van der Waals surface area contributed by atoms with Crippen LogP contribution in [0.1, 0.15) is 27.7 Å². The van der Waals surface area contributed by atoms with Gasteiger partial charge in [0.05, 0.1) is 0 Å². The topological polar surface area (TPSA) is 23.9 Å². The maximum atomic E-state index is 7.23. The highest BCUT2D eigenvalue weighted by atomic mass is 14.4. The molecule has 0 heterocycles. The molecule has 8 heavy (non-hydrogen) atoms. The zero-order valence-electron chi connectivity index (χ0n) is 6.15. The minimum Gasteiger partial charge on any atom is -0.310 e. The van der Waals surface area contributed by atoms with E-state index in [1.165, 1.54) is 0 Å². The van der Waals surface area contributed by atoms with E-state index in [0.29, 0.717) is 11.8 Å². The van der Waals surface area contributed by atoms with Gasteiger partial charge < -0.3 is 5.41 Å². The van der Waals surface area contributed by atoms with Gasteiger partial charge in [-0.25, -0.2) is 0 Å². The number of hydrogen-bond donors (Lipinski definition) is 1. The van der Waals surface area contributed by atoms with Gasteiger partial charge in [0, 0.05) is 5.71 Å². The maximum absolute atomic E-state index is 7.23. The second kappa shape index (κ2) is 2.85. The molecule has 1 heteroatoms. The third kappa shape index (κ3) is 2.10.